The van der Waals surface area contributed by atoms with Crippen LogP contribution in [-0.2, 0) is 25.4 Å². The number of carbonyl (C=O) groups is 1. The van der Waals surface area contributed by atoms with Crippen LogP contribution in [0.5, 0.6) is 5.75 Å². The average Bonchev–Trinajstić information content (AvgIpc) is 3.10. The molecule has 0 saturated heterocycles. The Bertz CT molecular complexity index is 1150. The Balaban J connectivity index is 1.72. The molecule has 0 unspecified atom stereocenters. The lowest BCUT2D eigenvalue weighted by molar-refractivity contribution is -0.121. The minimum atomic E-state index is -0.513. The zero-order valence-electron chi connectivity index (χ0n) is 15.7. The number of aromatic nitrogens is 4. The second-order valence-corrected chi connectivity index (χ2v) is 6.05. The predicted molar refractivity (Wildman–Crippen MR) is 104 cm³/mol. The third-order valence-corrected chi connectivity index (χ3v) is 4.13. The molecule has 1 aromatic carbocycles. The first-order chi connectivity index (χ1) is 13.4. The summed E-state index contributed by atoms with van der Waals surface area (Å²) in [5.74, 6) is 0.323. The second kappa shape index (κ2) is 7.91. The molecule has 146 valence electrons. The molecule has 2 aromatic heterocycles. The Morgan fingerprint density at radius 3 is 2.61 bits per heavy atom. The van der Waals surface area contributed by atoms with Gasteiger partial charge in [0.05, 0.1) is 19.1 Å². The van der Waals surface area contributed by atoms with E-state index in [1.165, 1.54) is 35.8 Å². The van der Waals surface area contributed by atoms with Gasteiger partial charge in [0.25, 0.3) is 11.5 Å². The van der Waals surface area contributed by atoms with Gasteiger partial charge in [-0.15, -0.1) is 0 Å². The molecular formula is C18H20N6O4. The first-order valence-corrected chi connectivity index (χ1v) is 8.58. The lowest BCUT2D eigenvalue weighted by atomic mass is 10.2. The Labute approximate surface area is 159 Å². The van der Waals surface area contributed by atoms with Crippen LogP contribution in [-0.4, -0.2) is 37.4 Å². The molecule has 1 amide bonds. The summed E-state index contributed by atoms with van der Waals surface area (Å²) in [7, 11) is 2.89. The minimum absolute atomic E-state index is 0.162. The highest BCUT2D eigenvalue weighted by Crippen LogP contribution is 2.10. The molecule has 2 heterocycles. The third kappa shape index (κ3) is 3.70. The summed E-state index contributed by atoms with van der Waals surface area (Å²) < 4.78 is 8.98. The molecule has 28 heavy (non-hydrogen) atoms. The molecule has 0 bridgehead atoms. The van der Waals surface area contributed by atoms with Crippen molar-refractivity contribution in [2.24, 2.45) is 19.2 Å². The molecule has 0 radical (unpaired) electrons. The van der Waals surface area contributed by atoms with Crippen molar-refractivity contribution in [2.75, 3.05) is 6.61 Å². The molecule has 0 atom stereocenters. The number of imidazole rings is 1. The summed E-state index contributed by atoms with van der Waals surface area (Å²) >= 11 is 0. The van der Waals surface area contributed by atoms with Crippen LogP contribution in [0.4, 0.5) is 0 Å². The number of hydrogen-bond donors (Lipinski definition) is 1. The molecule has 0 fully saturated rings. The highest BCUT2D eigenvalue weighted by Gasteiger charge is 2.15. The number of amides is 1. The summed E-state index contributed by atoms with van der Waals surface area (Å²) in [5, 5.41) is 3.91. The minimum Gasteiger partial charge on any atom is -0.494 e. The van der Waals surface area contributed by atoms with E-state index in [9.17, 15) is 14.4 Å². The van der Waals surface area contributed by atoms with Crippen molar-refractivity contribution in [1.29, 1.82) is 0 Å². The number of nitrogens with zero attached hydrogens (tertiary/aromatic N) is 5. The number of ether oxygens (including phenoxy) is 1. The van der Waals surface area contributed by atoms with Gasteiger partial charge in [-0.1, -0.05) is 0 Å². The van der Waals surface area contributed by atoms with Gasteiger partial charge < -0.3 is 9.30 Å². The molecule has 1 N–H and O–H groups in total. The Hall–Kier alpha value is -3.69. The maximum absolute atomic E-state index is 12.4. The standard InChI is InChI=1S/C18H20N6O4/c1-4-28-13-7-5-12(6-8-13)9-20-21-14(25)10-24-11-19-16-15(24)17(26)23(3)18(27)22(16)2/h5-9,11H,4,10H2,1-3H3,(H,21,25)/b20-9-. The van der Waals surface area contributed by atoms with Crippen molar-refractivity contribution >= 4 is 23.3 Å². The van der Waals surface area contributed by atoms with Gasteiger partial charge in [0, 0.05) is 14.1 Å². The number of fused-ring (bicyclic) bond motifs is 1. The highest BCUT2D eigenvalue weighted by atomic mass is 16.5. The van der Waals surface area contributed by atoms with E-state index in [0.717, 1.165) is 15.9 Å². The van der Waals surface area contributed by atoms with Crippen LogP contribution < -0.4 is 21.4 Å². The van der Waals surface area contributed by atoms with Crippen LogP contribution >= 0.6 is 0 Å². The Kier molecular flexibility index (Phi) is 5.39. The first kappa shape index (κ1) is 19.1. The zero-order chi connectivity index (χ0) is 20.3. The molecule has 3 aromatic rings. The molecule has 0 aliphatic rings. The highest BCUT2D eigenvalue weighted by molar-refractivity contribution is 5.83. The van der Waals surface area contributed by atoms with Crippen molar-refractivity contribution in [3.8, 4) is 5.75 Å². The molecule has 0 aliphatic heterocycles. The van der Waals surface area contributed by atoms with Gasteiger partial charge in [-0.25, -0.2) is 15.2 Å². The smallest absolute Gasteiger partial charge is 0.332 e. The van der Waals surface area contributed by atoms with Gasteiger partial charge in [0.2, 0.25) is 0 Å². The summed E-state index contributed by atoms with van der Waals surface area (Å²) in [6, 6.07) is 7.25. The first-order valence-electron chi connectivity index (χ1n) is 8.58. The molecule has 3 rings (SSSR count). The monoisotopic (exact) mass is 384 g/mol. The van der Waals surface area contributed by atoms with Gasteiger partial charge in [-0.05, 0) is 36.8 Å². The van der Waals surface area contributed by atoms with Crippen LogP contribution in [0, 0.1) is 0 Å². The van der Waals surface area contributed by atoms with Crippen molar-refractivity contribution in [2.45, 2.75) is 13.5 Å². The van der Waals surface area contributed by atoms with Gasteiger partial charge in [0.1, 0.15) is 12.3 Å². The molecule has 0 spiro atoms. The van der Waals surface area contributed by atoms with Crippen molar-refractivity contribution in [3.05, 3.63) is 57.0 Å². The molecule has 0 aliphatic carbocycles. The van der Waals surface area contributed by atoms with E-state index in [2.05, 4.69) is 15.5 Å². The largest absolute Gasteiger partial charge is 0.494 e. The van der Waals surface area contributed by atoms with Crippen LogP contribution in [0.15, 0.2) is 45.3 Å². The fraction of sp³-hybridized carbons (Fsp3) is 0.278. The van der Waals surface area contributed by atoms with Crippen LogP contribution in [0.1, 0.15) is 12.5 Å². The number of nitrogens with one attached hydrogen (secondary N) is 1. The lowest BCUT2D eigenvalue weighted by Crippen LogP contribution is -2.38. The third-order valence-electron chi connectivity index (χ3n) is 4.13. The summed E-state index contributed by atoms with van der Waals surface area (Å²) in [6.07, 6.45) is 2.85. The van der Waals surface area contributed by atoms with E-state index in [1.807, 2.05) is 31.2 Å². The normalized spacial score (nSPS) is 11.2. The summed E-state index contributed by atoms with van der Waals surface area (Å²) in [5.41, 5.74) is 2.60. The van der Waals surface area contributed by atoms with E-state index in [0.29, 0.717) is 6.61 Å². The number of hydrazone groups is 1. The average molecular weight is 384 g/mol. The summed E-state index contributed by atoms with van der Waals surface area (Å²) in [6.45, 7) is 2.33. The van der Waals surface area contributed by atoms with Gasteiger partial charge >= 0.3 is 5.69 Å². The van der Waals surface area contributed by atoms with Crippen molar-refractivity contribution in [1.82, 2.24) is 24.1 Å². The predicted octanol–water partition coefficient (Wildman–Crippen LogP) is -0.0173. The van der Waals surface area contributed by atoms with Crippen LogP contribution in [0.3, 0.4) is 0 Å². The van der Waals surface area contributed by atoms with E-state index < -0.39 is 17.2 Å². The zero-order valence-corrected chi connectivity index (χ0v) is 15.7. The molecule has 10 nitrogen and oxygen atoms in total. The van der Waals surface area contributed by atoms with E-state index in [4.69, 9.17) is 4.74 Å². The Morgan fingerprint density at radius 2 is 1.93 bits per heavy atom. The maximum atomic E-state index is 12.4. The molecule has 10 heteroatoms. The van der Waals surface area contributed by atoms with E-state index >= 15 is 0 Å². The second-order valence-electron chi connectivity index (χ2n) is 6.05. The quantitative estimate of drug-likeness (QED) is 0.474. The number of rotatable bonds is 6. The SMILES string of the molecule is CCOc1ccc(/C=N\NC(=O)Cn2cnc3c2c(=O)n(C)c(=O)n3C)cc1. The van der Waals surface area contributed by atoms with Gasteiger partial charge in [-0.2, -0.15) is 5.10 Å². The van der Waals surface area contributed by atoms with Gasteiger partial charge in [-0.3, -0.25) is 18.7 Å². The number of hydrogen-bond acceptors (Lipinski definition) is 6. The fourth-order valence-corrected chi connectivity index (χ4v) is 2.70. The van der Waals surface area contributed by atoms with Crippen LogP contribution in [0.25, 0.3) is 11.2 Å². The topological polar surface area (TPSA) is 113 Å². The van der Waals surface area contributed by atoms with E-state index in [1.54, 1.807) is 0 Å². The number of aryl methyl sites for hydroxylation is 1. The Morgan fingerprint density at radius 1 is 1.21 bits per heavy atom. The number of benzene rings is 1. The summed E-state index contributed by atoms with van der Waals surface area (Å²) in [4.78, 5) is 40.5. The van der Waals surface area contributed by atoms with Gasteiger partial charge in [0.15, 0.2) is 11.2 Å². The maximum Gasteiger partial charge on any atom is 0.332 e. The van der Waals surface area contributed by atoms with Crippen molar-refractivity contribution in [3.63, 3.8) is 0 Å². The van der Waals surface area contributed by atoms with E-state index in [-0.39, 0.29) is 17.7 Å². The van der Waals surface area contributed by atoms with Crippen LogP contribution in [0.2, 0.25) is 0 Å². The number of carbonyl (C=O) groups excluding carboxylic acids is 1. The fourth-order valence-electron chi connectivity index (χ4n) is 2.70. The molecule has 0 saturated carbocycles. The van der Waals surface area contributed by atoms with Crippen molar-refractivity contribution < 1.29 is 9.53 Å². The molecular weight excluding hydrogens is 364 g/mol. The lowest BCUT2D eigenvalue weighted by Gasteiger charge is -2.06.